The molecular weight excluding hydrogens is 264 g/mol. The van der Waals surface area contributed by atoms with E-state index in [0.29, 0.717) is 6.54 Å². The minimum atomic E-state index is -0.103. The average Bonchev–Trinajstić information content (AvgIpc) is 2.54. The Hall–Kier alpha value is -1.39. The highest BCUT2D eigenvalue weighted by molar-refractivity contribution is 5.82. The van der Waals surface area contributed by atoms with Gasteiger partial charge in [-0.3, -0.25) is 4.79 Å². The van der Waals surface area contributed by atoms with Crippen LogP contribution in [0.3, 0.4) is 0 Å². The van der Waals surface area contributed by atoms with Gasteiger partial charge in [-0.2, -0.15) is 0 Å². The van der Waals surface area contributed by atoms with E-state index in [0.717, 1.165) is 32.4 Å². The fourth-order valence-corrected chi connectivity index (χ4v) is 3.24. The van der Waals surface area contributed by atoms with Crippen LogP contribution in [-0.2, 0) is 22.5 Å². The van der Waals surface area contributed by atoms with Gasteiger partial charge in [0.1, 0.15) is 0 Å². The van der Waals surface area contributed by atoms with Gasteiger partial charge in [-0.25, -0.2) is 0 Å². The molecule has 1 aromatic carbocycles. The van der Waals surface area contributed by atoms with E-state index in [-0.39, 0.29) is 18.1 Å². The maximum atomic E-state index is 12.6. The van der Waals surface area contributed by atoms with Gasteiger partial charge in [-0.15, -0.1) is 0 Å². The summed E-state index contributed by atoms with van der Waals surface area (Å²) in [6.07, 6.45) is 4.42. The van der Waals surface area contributed by atoms with E-state index in [1.165, 1.54) is 17.5 Å². The van der Waals surface area contributed by atoms with Gasteiger partial charge in [-0.1, -0.05) is 24.3 Å². The van der Waals surface area contributed by atoms with Gasteiger partial charge in [0.15, 0.2) is 0 Å². The number of benzene rings is 1. The minimum absolute atomic E-state index is 0.103. The van der Waals surface area contributed by atoms with Crippen LogP contribution in [0.1, 0.15) is 30.4 Å². The molecule has 0 saturated carbocycles. The molecule has 0 radical (unpaired) electrons. The first-order chi connectivity index (χ1) is 10.2. The van der Waals surface area contributed by atoms with Crippen LogP contribution in [0.15, 0.2) is 24.3 Å². The summed E-state index contributed by atoms with van der Waals surface area (Å²) in [5.74, 6) is 0.179. The molecule has 1 saturated heterocycles. The number of amides is 1. The zero-order valence-corrected chi connectivity index (χ0v) is 12.7. The third kappa shape index (κ3) is 3.44. The summed E-state index contributed by atoms with van der Waals surface area (Å²) in [7, 11) is 1.89. The third-order valence-electron chi connectivity index (χ3n) is 4.51. The van der Waals surface area contributed by atoms with Crippen molar-refractivity contribution < 1.29 is 9.53 Å². The van der Waals surface area contributed by atoms with Crippen LogP contribution in [0.25, 0.3) is 0 Å². The van der Waals surface area contributed by atoms with Crippen molar-refractivity contribution in [1.82, 2.24) is 10.2 Å². The third-order valence-corrected chi connectivity index (χ3v) is 4.51. The van der Waals surface area contributed by atoms with Gasteiger partial charge in [0, 0.05) is 26.7 Å². The zero-order chi connectivity index (χ0) is 14.7. The largest absolute Gasteiger partial charge is 0.376 e. The Labute approximate surface area is 126 Å². The lowest BCUT2D eigenvalue weighted by Gasteiger charge is -2.32. The van der Waals surface area contributed by atoms with Gasteiger partial charge in [0.05, 0.1) is 12.1 Å². The lowest BCUT2D eigenvalue weighted by atomic mass is 9.95. The zero-order valence-electron chi connectivity index (χ0n) is 12.7. The summed E-state index contributed by atoms with van der Waals surface area (Å²) in [5, 5.41) is 3.36. The Bertz CT molecular complexity index is 497. The molecule has 1 aromatic rings. The van der Waals surface area contributed by atoms with Gasteiger partial charge in [-0.05, 0) is 36.8 Å². The van der Waals surface area contributed by atoms with E-state index in [9.17, 15) is 4.79 Å². The van der Waals surface area contributed by atoms with E-state index in [1.54, 1.807) is 0 Å². The highest BCUT2D eigenvalue weighted by atomic mass is 16.5. The molecule has 1 fully saturated rings. The topological polar surface area (TPSA) is 41.6 Å². The van der Waals surface area contributed by atoms with Crippen LogP contribution in [0.2, 0.25) is 0 Å². The Morgan fingerprint density at radius 3 is 2.90 bits per heavy atom. The SMILES string of the molecule is CN(CC1CCCCO1)C(=O)C1Cc2ccccc2CN1. The number of rotatable bonds is 3. The molecule has 0 aliphatic carbocycles. The van der Waals surface area contributed by atoms with Crippen LogP contribution in [-0.4, -0.2) is 43.2 Å². The number of nitrogens with zero attached hydrogens (tertiary/aromatic N) is 1. The van der Waals surface area contributed by atoms with Crippen molar-refractivity contribution in [2.75, 3.05) is 20.2 Å². The number of nitrogens with one attached hydrogen (secondary N) is 1. The molecule has 0 aromatic heterocycles. The molecule has 2 aliphatic heterocycles. The second-order valence-corrected chi connectivity index (χ2v) is 6.11. The number of hydrogen-bond donors (Lipinski definition) is 1. The second-order valence-electron chi connectivity index (χ2n) is 6.11. The number of ether oxygens (including phenoxy) is 1. The predicted molar refractivity (Wildman–Crippen MR) is 82.0 cm³/mol. The summed E-state index contributed by atoms with van der Waals surface area (Å²) < 4.78 is 5.73. The number of carbonyl (C=O) groups excluding carboxylic acids is 1. The molecule has 2 atom stereocenters. The molecule has 1 N–H and O–H groups in total. The molecule has 21 heavy (non-hydrogen) atoms. The van der Waals surface area contributed by atoms with Gasteiger partial charge < -0.3 is 15.0 Å². The molecule has 2 aliphatic rings. The Balaban J connectivity index is 1.58. The van der Waals surface area contributed by atoms with Crippen LogP contribution in [0.4, 0.5) is 0 Å². The molecule has 4 nitrogen and oxygen atoms in total. The van der Waals surface area contributed by atoms with E-state index in [1.807, 2.05) is 18.0 Å². The number of hydrogen-bond acceptors (Lipinski definition) is 3. The smallest absolute Gasteiger partial charge is 0.239 e. The van der Waals surface area contributed by atoms with Crippen molar-refractivity contribution >= 4 is 5.91 Å². The van der Waals surface area contributed by atoms with Crippen molar-refractivity contribution in [2.45, 2.75) is 44.4 Å². The highest BCUT2D eigenvalue weighted by Crippen LogP contribution is 2.18. The summed E-state index contributed by atoms with van der Waals surface area (Å²) in [5.41, 5.74) is 2.59. The average molecular weight is 288 g/mol. The predicted octanol–water partition coefficient (Wildman–Crippen LogP) is 1.73. The molecule has 1 amide bonds. The quantitative estimate of drug-likeness (QED) is 0.921. The second kappa shape index (κ2) is 6.58. The first-order valence-corrected chi connectivity index (χ1v) is 7.91. The van der Waals surface area contributed by atoms with Gasteiger partial charge in [0.25, 0.3) is 0 Å². The number of fused-ring (bicyclic) bond motifs is 1. The Morgan fingerprint density at radius 2 is 2.14 bits per heavy atom. The first kappa shape index (κ1) is 14.5. The fraction of sp³-hybridized carbons (Fsp3) is 0.588. The minimum Gasteiger partial charge on any atom is -0.376 e. The molecule has 4 heteroatoms. The monoisotopic (exact) mass is 288 g/mol. The standard InChI is InChI=1S/C17H24N2O2/c1-19(12-15-8-4-5-9-21-15)17(20)16-10-13-6-2-3-7-14(13)11-18-16/h2-3,6-7,15-16,18H,4-5,8-12H2,1H3. The van der Waals surface area contributed by atoms with Crippen molar-refractivity contribution in [3.8, 4) is 0 Å². The Kier molecular flexibility index (Phi) is 4.56. The molecule has 0 spiro atoms. The number of carbonyl (C=O) groups is 1. The summed E-state index contributed by atoms with van der Waals surface area (Å²) in [6.45, 7) is 2.32. The highest BCUT2D eigenvalue weighted by Gasteiger charge is 2.28. The van der Waals surface area contributed by atoms with E-state index in [2.05, 4.69) is 23.5 Å². The molecule has 0 bridgehead atoms. The van der Waals surface area contributed by atoms with Crippen LogP contribution in [0, 0.1) is 0 Å². The normalized spacial score (nSPS) is 25.2. The molecule has 2 heterocycles. The van der Waals surface area contributed by atoms with Crippen molar-refractivity contribution in [3.63, 3.8) is 0 Å². The maximum absolute atomic E-state index is 12.6. The van der Waals surface area contributed by atoms with Crippen LogP contribution >= 0.6 is 0 Å². The van der Waals surface area contributed by atoms with Crippen LogP contribution < -0.4 is 5.32 Å². The van der Waals surface area contributed by atoms with Gasteiger partial charge in [0.2, 0.25) is 5.91 Å². The Morgan fingerprint density at radius 1 is 1.33 bits per heavy atom. The maximum Gasteiger partial charge on any atom is 0.239 e. The lowest BCUT2D eigenvalue weighted by Crippen LogP contribution is -2.50. The lowest BCUT2D eigenvalue weighted by molar-refractivity contribution is -0.134. The van der Waals surface area contributed by atoms with E-state index >= 15 is 0 Å². The van der Waals surface area contributed by atoms with Gasteiger partial charge >= 0.3 is 0 Å². The molecule has 2 unspecified atom stereocenters. The van der Waals surface area contributed by atoms with Crippen molar-refractivity contribution in [1.29, 1.82) is 0 Å². The summed E-state index contributed by atoms with van der Waals surface area (Å²) >= 11 is 0. The molecular formula is C17H24N2O2. The van der Waals surface area contributed by atoms with Crippen molar-refractivity contribution in [3.05, 3.63) is 35.4 Å². The van der Waals surface area contributed by atoms with Crippen molar-refractivity contribution in [2.24, 2.45) is 0 Å². The van der Waals surface area contributed by atoms with Crippen LogP contribution in [0.5, 0.6) is 0 Å². The van der Waals surface area contributed by atoms with E-state index in [4.69, 9.17) is 4.74 Å². The fourth-order valence-electron chi connectivity index (χ4n) is 3.24. The number of likely N-dealkylation sites (N-methyl/N-ethyl adjacent to an activating group) is 1. The van der Waals surface area contributed by atoms with E-state index < -0.39 is 0 Å². The summed E-state index contributed by atoms with van der Waals surface area (Å²) in [6, 6.07) is 8.25. The first-order valence-electron chi connectivity index (χ1n) is 7.91. The molecule has 3 rings (SSSR count). The molecule has 114 valence electrons. The summed E-state index contributed by atoms with van der Waals surface area (Å²) in [4.78, 5) is 14.4.